The second-order valence-corrected chi connectivity index (χ2v) is 6.28. The van der Waals surface area contributed by atoms with Crippen molar-refractivity contribution in [3.63, 3.8) is 0 Å². The Bertz CT molecular complexity index is 883. The van der Waals surface area contributed by atoms with Crippen molar-refractivity contribution in [3.8, 4) is 17.2 Å². The van der Waals surface area contributed by atoms with E-state index in [9.17, 15) is 14.9 Å². The Kier molecular flexibility index (Phi) is 7.64. The van der Waals surface area contributed by atoms with Crippen molar-refractivity contribution < 1.29 is 29.0 Å². The number of aryl methyl sites for hydroxylation is 1. The van der Waals surface area contributed by atoms with E-state index in [-0.39, 0.29) is 24.5 Å². The number of anilines is 1. The zero-order chi connectivity index (χ0) is 21.4. The minimum absolute atomic E-state index is 0.0233. The van der Waals surface area contributed by atoms with Gasteiger partial charge in [-0.15, -0.1) is 0 Å². The third-order valence-electron chi connectivity index (χ3n) is 4.23. The van der Waals surface area contributed by atoms with Gasteiger partial charge < -0.3 is 24.6 Å². The maximum Gasteiger partial charge on any atom is 0.311 e. The average molecular weight is 404 g/mol. The van der Waals surface area contributed by atoms with Crippen LogP contribution < -0.4 is 19.5 Å². The molecule has 0 bridgehead atoms. The van der Waals surface area contributed by atoms with E-state index in [0.717, 1.165) is 16.8 Å². The monoisotopic (exact) mass is 404 g/mol. The lowest BCUT2D eigenvalue weighted by molar-refractivity contribution is -0.385. The Morgan fingerprint density at radius 1 is 1.14 bits per heavy atom. The van der Waals surface area contributed by atoms with Crippen LogP contribution in [0, 0.1) is 17.0 Å². The minimum Gasteiger partial charge on any atom is -0.493 e. The highest BCUT2D eigenvalue weighted by atomic mass is 16.6. The van der Waals surface area contributed by atoms with Gasteiger partial charge in [0.05, 0.1) is 25.7 Å². The summed E-state index contributed by atoms with van der Waals surface area (Å²) < 4.78 is 16.0. The zero-order valence-corrected chi connectivity index (χ0v) is 16.6. The SMILES string of the molecule is COc1cc(C)c(NCc2ccc(OC)c([N+](=O)[O-])c2)cc1OCCCC(=O)O. The lowest BCUT2D eigenvalue weighted by atomic mass is 10.1. The second kappa shape index (κ2) is 10.2. The van der Waals surface area contributed by atoms with Crippen LogP contribution >= 0.6 is 0 Å². The smallest absolute Gasteiger partial charge is 0.311 e. The summed E-state index contributed by atoms with van der Waals surface area (Å²) in [5.41, 5.74) is 2.30. The fraction of sp³-hybridized carbons (Fsp3) is 0.350. The minimum atomic E-state index is -0.875. The van der Waals surface area contributed by atoms with Gasteiger partial charge in [-0.25, -0.2) is 0 Å². The predicted octanol–water partition coefficient (Wildman–Crippen LogP) is 3.78. The van der Waals surface area contributed by atoms with Crippen molar-refractivity contribution in [2.75, 3.05) is 26.1 Å². The number of nitro benzene ring substituents is 1. The number of carboxylic acid groups (broad SMARTS) is 1. The van der Waals surface area contributed by atoms with Crippen molar-refractivity contribution >= 4 is 17.3 Å². The standard InChI is InChI=1S/C20H24N2O7/c1-13-9-18(28-3)19(29-8-4-5-20(23)24)11-15(13)21-12-14-6-7-17(27-2)16(10-14)22(25)26/h6-7,9-11,21H,4-5,8,12H2,1-3H3,(H,23,24). The van der Waals surface area contributed by atoms with Crippen LogP contribution in [0.4, 0.5) is 11.4 Å². The molecule has 0 aliphatic rings. The lowest BCUT2D eigenvalue weighted by Gasteiger charge is -2.16. The van der Waals surface area contributed by atoms with Crippen LogP contribution in [-0.2, 0) is 11.3 Å². The number of carbonyl (C=O) groups is 1. The van der Waals surface area contributed by atoms with Crippen LogP contribution in [0.2, 0.25) is 0 Å². The number of benzene rings is 2. The van der Waals surface area contributed by atoms with E-state index in [1.54, 1.807) is 18.2 Å². The van der Waals surface area contributed by atoms with E-state index < -0.39 is 10.9 Å². The number of nitrogens with zero attached hydrogens (tertiary/aromatic N) is 1. The number of hydrogen-bond donors (Lipinski definition) is 2. The summed E-state index contributed by atoms with van der Waals surface area (Å²) in [5, 5.41) is 23.1. The quantitative estimate of drug-likeness (QED) is 0.330. The molecule has 0 aliphatic carbocycles. The third kappa shape index (κ3) is 6.00. The number of ether oxygens (including phenoxy) is 3. The molecule has 9 nitrogen and oxygen atoms in total. The van der Waals surface area contributed by atoms with Crippen molar-refractivity contribution in [1.82, 2.24) is 0 Å². The van der Waals surface area contributed by atoms with E-state index in [2.05, 4.69) is 5.32 Å². The van der Waals surface area contributed by atoms with Crippen LogP contribution in [0.1, 0.15) is 24.0 Å². The first kappa shape index (κ1) is 21.8. The van der Waals surface area contributed by atoms with Gasteiger partial charge in [-0.3, -0.25) is 14.9 Å². The molecule has 0 atom stereocenters. The first-order valence-corrected chi connectivity index (χ1v) is 8.94. The van der Waals surface area contributed by atoms with Crippen LogP contribution in [-0.4, -0.2) is 36.8 Å². The van der Waals surface area contributed by atoms with Crippen molar-refractivity contribution in [1.29, 1.82) is 0 Å². The molecule has 156 valence electrons. The van der Waals surface area contributed by atoms with Gasteiger partial charge >= 0.3 is 11.7 Å². The number of nitro groups is 1. The molecular weight excluding hydrogens is 380 g/mol. The fourth-order valence-corrected chi connectivity index (χ4v) is 2.72. The number of nitrogens with one attached hydrogen (secondary N) is 1. The molecule has 0 spiro atoms. The molecule has 0 amide bonds. The molecule has 2 aromatic rings. The van der Waals surface area contributed by atoms with Crippen LogP contribution in [0.5, 0.6) is 17.2 Å². The maximum absolute atomic E-state index is 11.2. The summed E-state index contributed by atoms with van der Waals surface area (Å²) in [6, 6.07) is 8.36. The first-order chi connectivity index (χ1) is 13.8. The largest absolute Gasteiger partial charge is 0.493 e. The summed E-state index contributed by atoms with van der Waals surface area (Å²) in [5.74, 6) is 0.368. The lowest BCUT2D eigenvalue weighted by Crippen LogP contribution is -2.06. The van der Waals surface area contributed by atoms with E-state index in [1.807, 2.05) is 13.0 Å². The van der Waals surface area contributed by atoms with Gasteiger partial charge in [0.15, 0.2) is 17.2 Å². The summed E-state index contributed by atoms with van der Waals surface area (Å²) in [4.78, 5) is 21.3. The maximum atomic E-state index is 11.2. The molecule has 2 N–H and O–H groups in total. The predicted molar refractivity (Wildman–Crippen MR) is 107 cm³/mol. The van der Waals surface area contributed by atoms with Gasteiger partial charge in [-0.1, -0.05) is 6.07 Å². The number of rotatable bonds is 11. The normalized spacial score (nSPS) is 10.3. The molecule has 0 aliphatic heterocycles. The van der Waals surface area contributed by atoms with Gasteiger partial charge in [-0.05, 0) is 36.6 Å². The van der Waals surface area contributed by atoms with Gasteiger partial charge in [-0.2, -0.15) is 0 Å². The highest BCUT2D eigenvalue weighted by Crippen LogP contribution is 2.34. The first-order valence-electron chi connectivity index (χ1n) is 8.94. The van der Waals surface area contributed by atoms with Crippen LogP contribution in [0.15, 0.2) is 30.3 Å². The molecule has 0 unspecified atom stereocenters. The van der Waals surface area contributed by atoms with Gasteiger partial charge in [0, 0.05) is 30.8 Å². The molecule has 2 rings (SSSR count). The highest BCUT2D eigenvalue weighted by molar-refractivity contribution is 5.66. The van der Waals surface area contributed by atoms with Crippen LogP contribution in [0.3, 0.4) is 0 Å². The molecule has 0 saturated carbocycles. The van der Waals surface area contributed by atoms with E-state index in [0.29, 0.717) is 24.5 Å². The van der Waals surface area contributed by atoms with Crippen molar-refractivity contribution in [2.24, 2.45) is 0 Å². The molecule has 0 aromatic heterocycles. The number of hydrogen-bond acceptors (Lipinski definition) is 7. The Labute approximate surface area is 168 Å². The Morgan fingerprint density at radius 2 is 1.86 bits per heavy atom. The topological polar surface area (TPSA) is 120 Å². The molecule has 29 heavy (non-hydrogen) atoms. The third-order valence-corrected chi connectivity index (χ3v) is 4.23. The Hall–Kier alpha value is -3.49. The summed E-state index contributed by atoms with van der Waals surface area (Å²) in [6.07, 6.45) is 0.403. The summed E-state index contributed by atoms with van der Waals surface area (Å²) >= 11 is 0. The second-order valence-electron chi connectivity index (χ2n) is 6.28. The van der Waals surface area contributed by atoms with E-state index in [4.69, 9.17) is 19.3 Å². The number of carboxylic acids is 1. The van der Waals surface area contributed by atoms with Gasteiger partial charge in [0.1, 0.15) is 0 Å². The molecule has 9 heteroatoms. The van der Waals surface area contributed by atoms with E-state index in [1.165, 1.54) is 20.3 Å². The molecular formula is C20H24N2O7. The highest BCUT2D eigenvalue weighted by Gasteiger charge is 2.15. The zero-order valence-electron chi connectivity index (χ0n) is 16.6. The van der Waals surface area contributed by atoms with Gasteiger partial charge in [0.2, 0.25) is 0 Å². The van der Waals surface area contributed by atoms with E-state index >= 15 is 0 Å². The van der Waals surface area contributed by atoms with Gasteiger partial charge in [0.25, 0.3) is 0 Å². The summed E-state index contributed by atoms with van der Waals surface area (Å²) in [6.45, 7) is 2.50. The molecule has 0 heterocycles. The molecule has 0 fully saturated rings. The van der Waals surface area contributed by atoms with Crippen molar-refractivity contribution in [3.05, 3.63) is 51.6 Å². The average Bonchev–Trinajstić information content (AvgIpc) is 2.70. The fourth-order valence-electron chi connectivity index (χ4n) is 2.72. The number of methoxy groups -OCH3 is 2. The van der Waals surface area contributed by atoms with Crippen molar-refractivity contribution in [2.45, 2.75) is 26.3 Å². The number of aliphatic carboxylic acids is 1. The Morgan fingerprint density at radius 3 is 2.48 bits per heavy atom. The molecule has 2 aromatic carbocycles. The van der Waals surface area contributed by atoms with Crippen LogP contribution in [0.25, 0.3) is 0 Å². The Balaban J connectivity index is 2.13. The molecule has 0 radical (unpaired) electrons. The summed E-state index contributed by atoms with van der Waals surface area (Å²) in [7, 11) is 2.92. The molecule has 0 saturated heterocycles.